The highest BCUT2D eigenvalue weighted by molar-refractivity contribution is 5.76. The van der Waals surface area contributed by atoms with Crippen LogP contribution in [0.2, 0.25) is 0 Å². The van der Waals surface area contributed by atoms with E-state index in [0.717, 1.165) is 0 Å². The molecule has 6 atom stereocenters. The van der Waals surface area contributed by atoms with Crippen molar-refractivity contribution in [3.8, 4) is 0 Å². The van der Waals surface area contributed by atoms with E-state index in [1.165, 1.54) is 0 Å². The Morgan fingerprint density at radius 2 is 1.64 bits per heavy atom. The number of carboxylic acids is 1. The molecule has 0 radical (unpaired) electrons. The number of primary amides is 1. The van der Waals surface area contributed by atoms with Gasteiger partial charge in [-0.05, 0) is 6.42 Å². The molecule has 1 rings (SSSR count). The van der Waals surface area contributed by atoms with E-state index < -0.39 is 55.2 Å². The maximum Gasteiger partial charge on any atom is 0.320 e. The number of aliphatic hydroxyl groups is 5. The Labute approximate surface area is 125 Å². The van der Waals surface area contributed by atoms with Gasteiger partial charge in [0.1, 0.15) is 30.5 Å². The van der Waals surface area contributed by atoms with Gasteiger partial charge in [0.05, 0.1) is 6.61 Å². The van der Waals surface area contributed by atoms with Gasteiger partial charge >= 0.3 is 5.97 Å². The van der Waals surface area contributed by atoms with Crippen LogP contribution in [0, 0.1) is 0 Å². The van der Waals surface area contributed by atoms with E-state index in [0.29, 0.717) is 0 Å². The second-order valence-electron chi connectivity index (χ2n) is 4.67. The third kappa shape index (κ3) is 6.62. The lowest BCUT2D eigenvalue weighted by atomic mass is 10.00. The summed E-state index contributed by atoms with van der Waals surface area (Å²) in [7, 11) is 0. The van der Waals surface area contributed by atoms with Crippen LogP contribution < -0.4 is 11.5 Å². The summed E-state index contributed by atoms with van der Waals surface area (Å²) in [5.74, 6) is -1.64. The first-order valence-corrected chi connectivity index (χ1v) is 6.37. The highest BCUT2D eigenvalue weighted by Gasteiger charge is 2.42. The molecule has 1 amide bonds. The van der Waals surface area contributed by atoms with Crippen molar-refractivity contribution >= 4 is 11.9 Å². The van der Waals surface area contributed by atoms with Crippen LogP contribution in [0.1, 0.15) is 12.8 Å². The van der Waals surface area contributed by atoms with Crippen molar-refractivity contribution in [2.75, 3.05) is 6.61 Å². The molecule has 0 aromatic heterocycles. The number of hydrogen-bond donors (Lipinski definition) is 8. The van der Waals surface area contributed by atoms with Gasteiger partial charge in [-0.15, -0.1) is 0 Å². The molecule has 0 aliphatic carbocycles. The van der Waals surface area contributed by atoms with Gasteiger partial charge in [-0.3, -0.25) is 9.59 Å². The SMILES string of the molecule is NC(=O)CCC(N)C(=O)O.OC[C@H]1OC(O)[C@H](O)[C@@H](O)[C@@H]1O. The predicted molar refractivity (Wildman–Crippen MR) is 70.0 cm³/mol. The quantitative estimate of drug-likeness (QED) is 0.242. The molecule has 0 aromatic carbocycles. The standard InChI is InChI=1S/C6H12O6.C5H10N2O3/c7-1-2-3(8)4(9)5(10)6(11)12-2;6-3(5(9)10)1-2-4(7)8/h2-11H,1H2;3H,1-2,6H2,(H2,7,8)(H,9,10)/t2-,3-,4+,5-,6?;/m1./s1. The third-order valence-electron chi connectivity index (χ3n) is 2.89. The van der Waals surface area contributed by atoms with Crippen molar-refractivity contribution in [1.82, 2.24) is 0 Å². The molecule has 22 heavy (non-hydrogen) atoms. The van der Waals surface area contributed by atoms with Crippen molar-refractivity contribution in [3.63, 3.8) is 0 Å². The molecule has 1 heterocycles. The first-order chi connectivity index (χ1) is 10.1. The zero-order valence-corrected chi connectivity index (χ0v) is 11.6. The zero-order chi connectivity index (χ0) is 17.4. The van der Waals surface area contributed by atoms with Gasteiger partial charge in [0.15, 0.2) is 6.29 Å². The van der Waals surface area contributed by atoms with E-state index in [-0.39, 0.29) is 12.8 Å². The molecule has 11 heteroatoms. The van der Waals surface area contributed by atoms with Crippen LogP contribution in [0.15, 0.2) is 0 Å². The smallest absolute Gasteiger partial charge is 0.320 e. The minimum Gasteiger partial charge on any atom is -0.480 e. The first-order valence-electron chi connectivity index (χ1n) is 6.37. The van der Waals surface area contributed by atoms with Crippen molar-refractivity contribution in [1.29, 1.82) is 0 Å². The van der Waals surface area contributed by atoms with E-state index >= 15 is 0 Å². The van der Waals surface area contributed by atoms with Crippen LogP contribution in [0.5, 0.6) is 0 Å². The van der Waals surface area contributed by atoms with E-state index in [1.54, 1.807) is 0 Å². The molecule has 1 saturated heterocycles. The molecule has 2 unspecified atom stereocenters. The Morgan fingerprint density at radius 3 is 2.05 bits per heavy atom. The number of aliphatic carboxylic acids is 1. The van der Waals surface area contributed by atoms with Crippen LogP contribution in [0.3, 0.4) is 0 Å². The minimum atomic E-state index is -1.57. The van der Waals surface area contributed by atoms with Gasteiger partial charge in [0, 0.05) is 6.42 Å². The summed E-state index contributed by atoms with van der Waals surface area (Å²) >= 11 is 0. The molecule has 0 aromatic rings. The van der Waals surface area contributed by atoms with Gasteiger partial charge in [0.25, 0.3) is 0 Å². The number of carboxylic acid groups (broad SMARTS) is 1. The fourth-order valence-electron chi connectivity index (χ4n) is 1.50. The summed E-state index contributed by atoms with van der Waals surface area (Å²) in [5, 5.41) is 52.9. The van der Waals surface area contributed by atoms with Crippen LogP contribution in [-0.2, 0) is 14.3 Å². The molecule has 10 N–H and O–H groups in total. The highest BCUT2D eigenvalue weighted by atomic mass is 16.6. The van der Waals surface area contributed by atoms with Gasteiger partial charge in [-0.1, -0.05) is 0 Å². The van der Waals surface area contributed by atoms with Crippen LogP contribution in [0.4, 0.5) is 0 Å². The van der Waals surface area contributed by atoms with Gasteiger partial charge in [-0.2, -0.15) is 0 Å². The lowest BCUT2D eigenvalue weighted by Crippen LogP contribution is -2.58. The fourth-order valence-corrected chi connectivity index (χ4v) is 1.50. The van der Waals surface area contributed by atoms with E-state index in [1.807, 2.05) is 0 Å². The van der Waals surface area contributed by atoms with Gasteiger partial charge in [0.2, 0.25) is 5.91 Å². The average Bonchev–Trinajstić information content (AvgIpc) is 2.46. The molecule has 130 valence electrons. The maximum atomic E-state index is 10.1. The number of aliphatic hydroxyl groups excluding tert-OH is 5. The second kappa shape index (κ2) is 9.63. The lowest BCUT2D eigenvalue weighted by molar-refractivity contribution is -0.286. The average molecular weight is 326 g/mol. The summed E-state index contributed by atoms with van der Waals surface area (Å²) < 4.78 is 4.58. The van der Waals surface area contributed by atoms with Crippen molar-refractivity contribution in [2.45, 2.75) is 49.6 Å². The molecule has 1 fully saturated rings. The summed E-state index contributed by atoms with van der Waals surface area (Å²) in [6.07, 6.45) is -6.92. The van der Waals surface area contributed by atoms with Crippen molar-refractivity contribution < 1.29 is 45.0 Å². The number of carbonyl (C=O) groups is 2. The molecule has 0 spiro atoms. The van der Waals surface area contributed by atoms with Crippen LogP contribution >= 0.6 is 0 Å². The molecule has 11 nitrogen and oxygen atoms in total. The van der Waals surface area contributed by atoms with Crippen LogP contribution in [0.25, 0.3) is 0 Å². The molecule has 1 aliphatic heterocycles. The number of rotatable bonds is 5. The maximum absolute atomic E-state index is 10.1. The third-order valence-corrected chi connectivity index (χ3v) is 2.89. The largest absolute Gasteiger partial charge is 0.480 e. The number of ether oxygens (including phenoxy) is 1. The lowest BCUT2D eigenvalue weighted by Gasteiger charge is -2.37. The summed E-state index contributed by atoms with van der Waals surface area (Å²) in [6.45, 7) is -0.526. The Kier molecular flexibility index (Phi) is 9.04. The predicted octanol–water partition coefficient (Wildman–Crippen LogP) is -4.56. The van der Waals surface area contributed by atoms with Crippen LogP contribution in [-0.4, -0.2) is 85.9 Å². The second-order valence-corrected chi connectivity index (χ2v) is 4.67. The van der Waals surface area contributed by atoms with Gasteiger partial charge in [-0.25, -0.2) is 0 Å². The zero-order valence-electron chi connectivity index (χ0n) is 11.6. The number of carbonyl (C=O) groups excluding carboxylic acids is 1. The Hall–Kier alpha value is -1.34. The van der Waals surface area contributed by atoms with E-state index in [4.69, 9.17) is 42.1 Å². The molecular weight excluding hydrogens is 304 g/mol. The number of amides is 1. The van der Waals surface area contributed by atoms with Crippen molar-refractivity contribution in [3.05, 3.63) is 0 Å². The topological polar surface area (TPSA) is 217 Å². The summed E-state index contributed by atoms with van der Waals surface area (Å²) in [5.41, 5.74) is 9.81. The highest BCUT2D eigenvalue weighted by Crippen LogP contribution is 2.18. The monoisotopic (exact) mass is 326 g/mol. The Morgan fingerprint density at radius 1 is 1.09 bits per heavy atom. The summed E-state index contributed by atoms with van der Waals surface area (Å²) in [6, 6.07) is -0.979. The number of hydrogen-bond acceptors (Lipinski definition) is 9. The molecule has 0 saturated carbocycles. The Bertz CT molecular complexity index is 363. The number of nitrogens with two attached hydrogens (primary N) is 2. The molecule has 0 bridgehead atoms. The summed E-state index contributed by atoms with van der Waals surface area (Å²) in [4.78, 5) is 20.1. The first kappa shape index (κ1) is 20.7. The van der Waals surface area contributed by atoms with E-state index in [2.05, 4.69) is 4.74 Å². The Balaban J connectivity index is 0.000000409. The fraction of sp³-hybridized carbons (Fsp3) is 0.818. The van der Waals surface area contributed by atoms with Gasteiger partial charge < -0.3 is 46.8 Å². The van der Waals surface area contributed by atoms with Crippen molar-refractivity contribution in [2.24, 2.45) is 11.5 Å². The molecular formula is C11H22N2O9. The van der Waals surface area contributed by atoms with E-state index in [9.17, 15) is 9.59 Å². The molecule has 1 aliphatic rings. The normalized spacial score (nSPS) is 32.5. The minimum absolute atomic E-state index is 0.0213.